The second kappa shape index (κ2) is 13.6. The van der Waals surface area contributed by atoms with Crippen LogP contribution in [0.3, 0.4) is 0 Å². The van der Waals surface area contributed by atoms with E-state index in [2.05, 4.69) is 222 Å². The highest BCUT2D eigenvalue weighted by Crippen LogP contribution is 2.49. The van der Waals surface area contributed by atoms with E-state index in [1.807, 2.05) is 6.07 Å². The monoisotopic (exact) mass is 728 g/mol. The van der Waals surface area contributed by atoms with Crippen molar-refractivity contribution >= 4 is 60.8 Å². The number of para-hydroxylation sites is 3. The van der Waals surface area contributed by atoms with Gasteiger partial charge < -0.3 is 13.9 Å². The number of hydrogen-bond acceptors (Lipinski definition) is 2. The molecule has 3 heteroatoms. The molecular formula is C54H36N2O. The summed E-state index contributed by atoms with van der Waals surface area (Å²) in [7, 11) is 0. The van der Waals surface area contributed by atoms with Crippen LogP contribution in [0.5, 0.6) is 0 Å². The number of nitrogens with zero attached hydrogens (tertiary/aromatic N) is 2. The van der Waals surface area contributed by atoms with E-state index in [4.69, 9.17) is 4.42 Å². The number of benzene rings is 9. The van der Waals surface area contributed by atoms with E-state index < -0.39 is 0 Å². The van der Waals surface area contributed by atoms with E-state index in [-0.39, 0.29) is 0 Å². The highest BCUT2D eigenvalue weighted by molar-refractivity contribution is 6.18. The zero-order valence-electron chi connectivity index (χ0n) is 31.1. The van der Waals surface area contributed by atoms with Gasteiger partial charge in [-0.25, -0.2) is 0 Å². The maximum Gasteiger partial charge on any atom is 0.137 e. The molecule has 0 bridgehead atoms. The van der Waals surface area contributed by atoms with Crippen molar-refractivity contribution in [2.24, 2.45) is 0 Å². The second-order valence-corrected chi connectivity index (χ2v) is 14.5. The molecule has 0 aliphatic heterocycles. The topological polar surface area (TPSA) is 21.3 Å². The van der Waals surface area contributed by atoms with Crippen LogP contribution in [0.1, 0.15) is 0 Å². The number of fused-ring (bicyclic) bond motifs is 6. The molecule has 0 atom stereocenters. The predicted molar refractivity (Wildman–Crippen MR) is 239 cm³/mol. The standard InChI is InChI=1S/C54H36N2O/c1-4-14-37(15-5-1)39-24-29-43(30-25-39)55(42-18-8-3-9-19-42)54-45(33-35-52-53(54)47-21-11-13-23-51(47)57-52)41-28-34-50-48(36-41)46-20-10-12-22-49(46)56(50)44-31-26-40(27-32-44)38-16-6-2-7-17-38/h1-36H. The Balaban J connectivity index is 1.14. The zero-order chi connectivity index (χ0) is 37.7. The maximum atomic E-state index is 6.57. The van der Waals surface area contributed by atoms with Crippen molar-refractivity contribution in [3.8, 4) is 39.1 Å². The van der Waals surface area contributed by atoms with Gasteiger partial charge in [-0.1, -0.05) is 146 Å². The molecule has 0 fully saturated rings. The van der Waals surface area contributed by atoms with E-state index in [1.165, 1.54) is 44.1 Å². The summed E-state index contributed by atoms with van der Waals surface area (Å²) in [5.41, 5.74) is 15.5. The summed E-state index contributed by atoms with van der Waals surface area (Å²) in [6.45, 7) is 0. The highest BCUT2D eigenvalue weighted by atomic mass is 16.3. The normalized spacial score (nSPS) is 11.5. The fourth-order valence-corrected chi connectivity index (χ4v) is 8.53. The SMILES string of the molecule is c1ccc(-c2ccc(N(c3ccccc3)c3c(-c4ccc5c(c4)c4ccccc4n5-c4ccc(-c5ccccc5)cc4)ccc4oc5ccccc5c34)cc2)cc1. The van der Waals surface area contributed by atoms with E-state index >= 15 is 0 Å². The molecule has 2 aromatic heterocycles. The molecule has 0 aliphatic carbocycles. The molecule has 0 spiro atoms. The summed E-state index contributed by atoms with van der Waals surface area (Å²) in [4.78, 5) is 2.40. The first kappa shape index (κ1) is 32.8. The van der Waals surface area contributed by atoms with Crippen molar-refractivity contribution in [3.05, 3.63) is 218 Å². The van der Waals surface area contributed by atoms with Gasteiger partial charge in [0.25, 0.3) is 0 Å². The molecule has 57 heavy (non-hydrogen) atoms. The summed E-state index contributed by atoms with van der Waals surface area (Å²) in [6.07, 6.45) is 0. The quantitative estimate of drug-likeness (QED) is 0.163. The van der Waals surface area contributed by atoms with Crippen LogP contribution >= 0.6 is 0 Å². The Morgan fingerprint density at radius 2 is 0.877 bits per heavy atom. The molecule has 11 rings (SSSR count). The molecule has 3 nitrogen and oxygen atoms in total. The van der Waals surface area contributed by atoms with Gasteiger partial charge in [-0.3, -0.25) is 0 Å². The van der Waals surface area contributed by atoms with Crippen LogP contribution in [0.4, 0.5) is 17.1 Å². The average Bonchev–Trinajstić information content (AvgIpc) is 3.84. The molecule has 268 valence electrons. The van der Waals surface area contributed by atoms with Gasteiger partial charge in [0.2, 0.25) is 0 Å². The maximum absolute atomic E-state index is 6.57. The zero-order valence-corrected chi connectivity index (χ0v) is 31.1. The number of rotatable bonds is 7. The molecule has 0 N–H and O–H groups in total. The van der Waals surface area contributed by atoms with Crippen LogP contribution in [-0.4, -0.2) is 4.57 Å². The largest absolute Gasteiger partial charge is 0.456 e. The van der Waals surface area contributed by atoms with Crippen molar-refractivity contribution < 1.29 is 4.42 Å². The number of furan rings is 1. The van der Waals surface area contributed by atoms with E-state index in [0.717, 1.165) is 55.8 Å². The molecule has 9 aromatic carbocycles. The van der Waals surface area contributed by atoms with Gasteiger partial charge in [-0.05, 0) is 101 Å². The lowest BCUT2D eigenvalue weighted by Crippen LogP contribution is -2.11. The Labute approximate surface area is 330 Å². The predicted octanol–water partition coefficient (Wildman–Crippen LogP) is 15.2. The Kier molecular flexibility index (Phi) is 7.82. The van der Waals surface area contributed by atoms with Crippen LogP contribution in [0, 0.1) is 0 Å². The van der Waals surface area contributed by atoms with Gasteiger partial charge in [0, 0.05) is 38.8 Å². The first-order valence-electron chi connectivity index (χ1n) is 19.4. The first-order valence-corrected chi connectivity index (χ1v) is 19.4. The number of anilines is 3. The Bertz CT molecular complexity index is 3200. The molecule has 0 unspecified atom stereocenters. The molecule has 2 heterocycles. The van der Waals surface area contributed by atoms with Gasteiger partial charge in [0.15, 0.2) is 0 Å². The van der Waals surface area contributed by atoms with Crippen molar-refractivity contribution in [2.45, 2.75) is 0 Å². The lowest BCUT2D eigenvalue weighted by atomic mass is 9.96. The minimum Gasteiger partial charge on any atom is -0.456 e. The molecule has 0 radical (unpaired) electrons. The number of hydrogen-bond donors (Lipinski definition) is 0. The Hall–Kier alpha value is -7.62. The van der Waals surface area contributed by atoms with E-state index in [1.54, 1.807) is 0 Å². The lowest BCUT2D eigenvalue weighted by molar-refractivity contribution is 0.669. The van der Waals surface area contributed by atoms with Gasteiger partial charge in [0.1, 0.15) is 11.2 Å². The van der Waals surface area contributed by atoms with Crippen LogP contribution < -0.4 is 4.90 Å². The minimum absolute atomic E-state index is 0.855. The van der Waals surface area contributed by atoms with Gasteiger partial charge in [-0.2, -0.15) is 0 Å². The average molecular weight is 729 g/mol. The third-order valence-corrected chi connectivity index (χ3v) is 11.2. The minimum atomic E-state index is 0.855. The van der Waals surface area contributed by atoms with Crippen molar-refractivity contribution in [1.29, 1.82) is 0 Å². The summed E-state index contributed by atoms with van der Waals surface area (Å²) < 4.78 is 8.96. The van der Waals surface area contributed by atoms with Gasteiger partial charge >= 0.3 is 0 Å². The van der Waals surface area contributed by atoms with E-state index in [9.17, 15) is 0 Å². The highest BCUT2D eigenvalue weighted by Gasteiger charge is 2.24. The fraction of sp³-hybridized carbons (Fsp3) is 0. The van der Waals surface area contributed by atoms with E-state index in [0.29, 0.717) is 0 Å². The second-order valence-electron chi connectivity index (χ2n) is 14.5. The van der Waals surface area contributed by atoms with Gasteiger partial charge in [0.05, 0.1) is 22.1 Å². The van der Waals surface area contributed by atoms with Crippen molar-refractivity contribution in [2.75, 3.05) is 4.90 Å². The Morgan fingerprint density at radius 1 is 0.351 bits per heavy atom. The summed E-state index contributed by atoms with van der Waals surface area (Å²) in [5, 5.41) is 4.59. The Morgan fingerprint density at radius 3 is 1.58 bits per heavy atom. The summed E-state index contributed by atoms with van der Waals surface area (Å²) in [5.74, 6) is 0. The van der Waals surface area contributed by atoms with Crippen LogP contribution in [0.15, 0.2) is 223 Å². The molecule has 0 aliphatic rings. The molecule has 11 aromatic rings. The van der Waals surface area contributed by atoms with Crippen LogP contribution in [0.25, 0.3) is 82.8 Å². The third-order valence-electron chi connectivity index (χ3n) is 11.2. The van der Waals surface area contributed by atoms with Crippen molar-refractivity contribution in [1.82, 2.24) is 4.57 Å². The molecule has 0 amide bonds. The lowest BCUT2D eigenvalue weighted by Gasteiger charge is -2.29. The fourth-order valence-electron chi connectivity index (χ4n) is 8.53. The van der Waals surface area contributed by atoms with Crippen molar-refractivity contribution in [3.63, 3.8) is 0 Å². The summed E-state index contributed by atoms with van der Waals surface area (Å²) in [6, 6.07) is 78.1. The number of aromatic nitrogens is 1. The molecular weight excluding hydrogens is 693 g/mol. The first-order chi connectivity index (χ1) is 28.3. The van der Waals surface area contributed by atoms with Gasteiger partial charge in [-0.15, -0.1) is 0 Å². The molecule has 0 saturated carbocycles. The molecule has 0 saturated heterocycles. The smallest absolute Gasteiger partial charge is 0.137 e. The third kappa shape index (κ3) is 5.60. The van der Waals surface area contributed by atoms with Crippen LogP contribution in [0.2, 0.25) is 0 Å². The van der Waals surface area contributed by atoms with Crippen LogP contribution in [-0.2, 0) is 0 Å². The summed E-state index contributed by atoms with van der Waals surface area (Å²) >= 11 is 0.